The molecule has 1 aliphatic heterocycles. The van der Waals surface area contributed by atoms with Gasteiger partial charge in [0.2, 0.25) is 0 Å². The van der Waals surface area contributed by atoms with Crippen molar-refractivity contribution < 1.29 is 8.42 Å². The minimum atomic E-state index is -3.53. The zero-order valence-electron chi connectivity index (χ0n) is 13.2. The van der Waals surface area contributed by atoms with E-state index in [0.29, 0.717) is 19.6 Å². The normalized spacial score (nSPS) is 21.8. The second-order valence-corrected chi connectivity index (χ2v) is 7.46. The number of piperazine rings is 1. The molecule has 0 saturated carbocycles. The van der Waals surface area contributed by atoms with Crippen molar-refractivity contribution in [1.29, 1.82) is 0 Å². The second kappa shape index (κ2) is 6.43. The molecule has 1 unspecified atom stereocenters. The van der Waals surface area contributed by atoms with E-state index in [1.807, 2.05) is 27.8 Å². The van der Waals surface area contributed by atoms with Gasteiger partial charge in [0.15, 0.2) is 5.03 Å². The van der Waals surface area contributed by atoms with Crippen molar-refractivity contribution in [1.82, 2.24) is 24.7 Å². The number of aryl methyl sites for hydroxylation is 1. The minimum absolute atomic E-state index is 0.165. The van der Waals surface area contributed by atoms with Crippen molar-refractivity contribution in [3.8, 4) is 0 Å². The molecule has 120 valence electrons. The lowest BCUT2D eigenvalue weighted by Gasteiger charge is -2.36. The summed E-state index contributed by atoms with van der Waals surface area (Å²) < 4.78 is 27.2. The number of aromatic nitrogens is 2. The molecule has 1 atom stereocenters. The molecule has 21 heavy (non-hydrogen) atoms. The Morgan fingerprint density at radius 2 is 2.14 bits per heavy atom. The summed E-state index contributed by atoms with van der Waals surface area (Å²) in [6.45, 7) is 8.94. The first kappa shape index (κ1) is 16.4. The smallest absolute Gasteiger partial charge is 0.262 e. The monoisotopic (exact) mass is 315 g/mol. The molecule has 2 rings (SSSR count). The zero-order chi connectivity index (χ0) is 15.6. The van der Waals surface area contributed by atoms with Gasteiger partial charge in [-0.1, -0.05) is 6.92 Å². The Morgan fingerprint density at radius 3 is 2.76 bits per heavy atom. The number of nitrogens with zero attached hydrogens (tertiary/aromatic N) is 3. The van der Waals surface area contributed by atoms with Gasteiger partial charge in [-0.3, -0.25) is 5.10 Å². The van der Waals surface area contributed by atoms with Gasteiger partial charge >= 0.3 is 0 Å². The van der Waals surface area contributed by atoms with Gasteiger partial charge in [0.25, 0.3) is 10.0 Å². The van der Waals surface area contributed by atoms with Crippen LogP contribution in [0, 0.1) is 6.92 Å². The lowest BCUT2D eigenvalue weighted by molar-refractivity contribution is 0.159. The topological polar surface area (TPSA) is 81.3 Å². The number of likely N-dealkylation sites (N-methyl/N-ethyl adjacent to an activating group) is 1. The number of hydrogen-bond donors (Lipinski definition) is 2. The van der Waals surface area contributed by atoms with E-state index in [1.54, 1.807) is 4.31 Å². The molecular formula is C13H25N5O2S. The number of aromatic amines is 1. The number of hydrogen-bond acceptors (Lipinski definition) is 5. The molecule has 0 spiro atoms. The Bertz CT molecular complexity index is 583. The molecule has 1 aromatic heterocycles. The lowest BCUT2D eigenvalue weighted by Crippen LogP contribution is -2.52. The molecule has 8 heteroatoms. The van der Waals surface area contributed by atoms with Crippen LogP contribution in [0.4, 0.5) is 0 Å². The summed E-state index contributed by atoms with van der Waals surface area (Å²) in [6, 6.07) is 0.214. The summed E-state index contributed by atoms with van der Waals surface area (Å²) in [5.74, 6) is 0. The summed E-state index contributed by atoms with van der Waals surface area (Å²) in [4.78, 5) is 2.17. The summed E-state index contributed by atoms with van der Waals surface area (Å²) in [5, 5.41) is 10.2. The number of nitrogens with one attached hydrogen (secondary N) is 2. The zero-order valence-corrected chi connectivity index (χ0v) is 14.0. The quantitative estimate of drug-likeness (QED) is 0.808. The second-order valence-electron chi connectivity index (χ2n) is 5.61. The Hall–Kier alpha value is -0.960. The van der Waals surface area contributed by atoms with Crippen LogP contribution in [0.25, 0.3) is 0 Å². The first-order chi connectivity index (χ1) is 9.87. The predicted octanol–water partition coefficient (Wildman–Crippen LogP) is 0.152. The van der Waals surface area contributed by atoms with Gasteiger partial charge in [-0.2, -0.15) is 9.40 Å². The first-order valence-corrected chi connectivity index (χ1v) is 8.76. The molecule has 2 N–H and O–H groups in total. The minimum Gasteiger partial charge on any atom is -0.313 e. The Morgan fingerprint density at radius 1 is 1.43 bits per heavy atom. The van der Waals surface area contributed by atoms with E-state index >= 15 is 0 Å². The van der Waals surface area contributed by atoms with Crippen molar-refractivity contribution in [3.05, 3.63) is 11.3 Å². The van der Waals surface area contributed by atoms with E-state index in [4.69, 9.17) is 0 Å². The molecular weight excluding hydrogens is 290 g/mol. The molecule has 0 amide bonds. The highest BCUT2D eigenvalue weighted by Crippen LogP contribution is 2.22. The van der Waals surface area contributed by atoms with Gasteiger partial charge in [0.05, 0.1) is 0 Å². The average molecular weight is 315 g/mol. The van der Waals surface area contributed by atoms with Gasteiger partial charge in [-0.25, -0.2) is 8.42 Å². The number of sulfonamides is 1. The molecule has 1 aromatic rings. The molecule has 0 bridgehead atoms. The van der Waals surface area contributed by atoms with E-state index < -0.39 is 10.0 Å². The Kier molecular flexibility index (Phi) is 5.03. The van der Waals surface area contributed by atoms with Crippen molar-refractivity contribution in [2.45, 2.75) is 38.4 Å². The predicted molar refractivity (Wildman–Crippen MR) is 81.6 cm³/mol. The fourth-order valence-corrected chi connectivity index (χ4v) is 4.13. The van der Waals surface area contributed by atoms with Crippen LogP contribution in [0.15, 0.2) is 5.03 Å². The highest BCUT2D eigenvalue weighted by molar-refractivity contribution is 7.89. The van der Waals surface area contributed by atoms with Crippen LogP contribution in [0.1, 0.15) is 25.1 Å². The van der Waals surface area contributed by atoms with Crippen LogP contribution < -0.4 is 5.32 Å². The Labute approximate surface area is 126 Å². The summed E-state index contributed by atoms with van der Waals surface area (Å²) in [5.41, 5.74) is 1.54. The van der Waals surface area contributed by atoms with Gasteiger partial charge in [-0.05, 0) is 27.4 Å². The maximum atomic E-state index is 12.8. The van der Waals surface area contributed by atoms with Crippen LogP contribution in [0.2, 0.25) is 0 Å². The molecule has 2 heterocycles. The third kappa shape index (κ3) is 3.28. The molecule has 0 radical (unpaired) electrons. The van der Waals surface area contributed by atoms with Crippen molar-refractivity contribution in [2.24, 2.45) is 0 Å². The fourth-order valence-electron chi connectivity index (χ4n) is 2.46. The van der Waals surface area contributed by atoms with Crippen LogP contribution >= 0.6 is 0 Å². The lowest BCUT2D eigenvalue weighted by atomic mass is 10.2. The van der Waals surface area contributed by atoms with Crippen molar-refractivity contribution >= 4 is 10.0 Å². The molecule has 1 fully saturated rings. The van der Waals surface area contributed by atoms with Gasteiger partial charge in [0, 0.05) is 43.5 Å². The average Bonchev–Trinajstić information content (AvgIpc) is 2.81. The van der Waals surface area contributed by atoms with Crippen LogP contribution in [-0.4, -0.2) is 67.1 Å². The van der Waals surface area contributed by atoms with E-state index in [2.05, 4.69) is 20.4 Å². The maximum absolute atomic E-state index is 12.8. The number of H-pyrrole nitrogens is 1. The maximum Gasteiger partial charge on any atom is 0.262 e. The van der Waals surface area contributed by atoms with E-state index in [-0.39, 0.29) is 11.1 Å². The van der Waals surface area contributed by atoms with E-state index in [1.165, 1.54) is 0 Å². The van der Waals surface area contributed by atoms with Gasteiger partial charge in [-0.15, -0.1) is 0 Å². The van der Waals surface area contributed by atoms with Crippen molar-refractivity contribution in [2.75, 3.05) is 33.2 Å². The molecule has 0 aromatic carbocycles. The SMILES string of the molecule is CCNCc1c(S(=O)(=O)N2CCN(C)C(C)C2)n[nH]c1C. The molecule has 1 aliphatic rings. The van der Waals surface area contributed by atoms with E-state index in [0.717, 1.165) is 24.3 Å². The number of rotatable bonds is 5. The first-order valence-electron chi connectivity index (χ1n) is 7.32. The molecule has 1 saturated heterocycles. The van der Waals surface area contributed by atoms with Gasteiger partial charge in [0.1, 0.15) is 0 Å². The Balaban J connectivity index is 2.27. The van der Waals surface area contributed by atoms with Crippen molar-refractivity contribution in [3.63, 3.8) is 0 Å². The van der Waals surface area contributed by atoms with Crippen LogP contribution in [-0.2, 0) is 16.6 Å². The van der Waals surface area contributed by atoms with E-state index in [9.17, 15) is 8.42 Å². The highest BCUT2D eigenvalue weighted by Gasteiger charge is 2.34. The summed E-state index contributed by atoms with van der Waals surface area (Å²) >= 11 is 0. The fraction of sp³-hybridized carbons (Fsp3) is 0.769. The largest absolute Gasteiger partial charge is 0.313 e. The highest BCUT2D eigenvalue weighted by atomic mass is 32.2. The molecule has 0 aliphatic carbocycles. The standard InChI is InChI=1S/C13H25N5O2S/c1-5-14-8-12-11(3)15-16-13(12)21(19,20)18-7-6-17(4)10(2)9-18/h10,14H,5-9H2,1-4H3,(H,15,16). The summed E-state index contributed by atoms with van der Waals surface area (Å²) in [7, 11) is -1.52. The van der Waals surface area contributed by atoms with Gasteiger partial charge < -0.3 is 10.2 Å². The van der Waals surface area contributed by atoms with Crippen LogP contribution in [0.5, 0.6) is 0 Å². The van der Waals surface area contributed by atoms with Crippen LogP contribution in [0.3, 0.4) is 0 Å². The molecule has 7 nitrogen and oxygen atoms in total. The summed E-state index contributed by atoms with van der Waals surface area (Å²) in [6.07, 6.45) is 0. The third-order valence-corrected chi connectivity index (χ3v) is 5.93. The third-order valence-electron chi connectivity index (χ3n) is 4.09.